The van der Waals surface area contributed by atoms with Gasteiger partial charge in [0.15, 0.2) is 29.3 Å². The van der Waals surface area contributed by atoms with Gasteiger partial charge in [0.05, 0.1) is 38.0 Å². The van der Waals surface area contributed by atoms with Gasteiger partial charge in [-0.2, -0.15) is 0 Å². The number of nitrogens with two attached hydrogens (primary N) is 2. The average molecular weight is 725 g/mol. The van der Waals surface area contributed by atoms with Gasteiger partial charge in [0.2, 0.25) is 0 Å². The summed E-state index contributed by atoms with van der Waals surface area (Å²) in [5.74, 6) is 1.52. The zero-order valence-electron chi connectivity index (χ0n) is 27.6. The predicted octanol–water partition coefficient (Wildman–Crippen LogP) is 4.79. The van der Waals surface area contributed by atoms with Gasteiger partial charge < -0.3 is 44.0 Å². The van der Waals surface area contributed by atoms with E-state index >= 15 is 0 Å². The largest absolute Gasteiger partial charge is 0.441 e. The number of benzene rings is 2. The molecule has 4 aromatic heterocycles. The summed E-state index contributed by atoms with van der Waals surface area (Å²) in [7, 11) is -6.81. The lowest BCUT2D eigenvalue weighted by molar-refractivity contribution is 0.0772. The van der Waals surface area contributed by atoms with Crippen molar-refractivity contribution in [3.8, 4) is 11.5 Å². The predicted molar refractivity (Wildman–Crippen MR) is 188 cm³/mol. The molecule has 6 rings (SSSR count). The number of rotatable bonds is 14. The van der Waals surface area contributed by atoms with Gasteiger partial charge in [-0.3, -0.25) is 4.57 Å². The topological polar surface area (TPSA) is 231 Å². The average Bonchev–Trinajstić information content (AvgIpc) is 3.69. The lowest BCUT2D eigenvalue weighted by Crippen LogP contribution is -2.18. The first-order valence-corrected chi connectivity index (χ1v) is 19.3. The van der Waals surface area contributed by atoms with Crippen LogP contribution in [0.2, 0.25) is 0 Å². The molecule has 264 valence electrons. The molecule has 0 fully saturated rings. The standard InChI is InChI=1S/C16H20N5O3P.C15H18N5O4P/c1-12(8-21-10-20-14-15(17)18-9-19-16(14)21)23-11-25(2,22)24-13-6-4-3-5-7-13;1-11(7-20-9-19-13-14(16)17-8-18-15(13)20)23-10-25(21,22)24-12-5-3-2-4-6-12/h3-7,9-10,12H,8,11H2,1-2H3,(H2,17,18,19);2-6,8-9,11H,7,10H2,1H3,(H,21,22)(H2,16,17,18)/t12-,25?;11-/m11/s1. The van der Waals surface area contributed by atoms with Crippen molar-refractivity contribution in [3.63, 3.8) is 0 Å². The molecule has 0 aliphatic rings. The van der Waals surface area contributed by atoms with Crippen LogP contribution < -0.4 is 20.5 Å². The molecule has 0 saturated carbocycles. The van der Waals surface area contributed by atoms with Crippen LogP contribution in [0, 0.1) is 0 Å². The minimum atomic E-state index is -3.91. The van der Waals surface area contributed by atoms with Crippen LogP contribution >= 0.6 is 15.0 Å². The first-order valence-electron chi connectivity index (χ1n) is 15.3. The first kappa shape index (κ1) is 36.4. The molecule has 2 unspecified atom stereocenters. The first-order chi connectivity index (χ1) is 23.9. The highest BCUT2D eigenvalue weighted by Crippen LogP contribution is 2.44. The van der Waals surface area contributed by atoms with Crippen molar-refractivity contribution in [2.75, 3.05) is 30.8 Å². The summed E-state index contributed by atoms with van der Waals surface area (Å²) in [6.45, 7) is 6.11. The van der Waals surface area contributed by atoms with Crippen molar-refractivity contribution in [3.05, 3.63) is 86.0 Å². The third kappa shape index (κ3) is 10.1. The van der Waals surface area contributed by atoms with Crippen molar-refractivity contribution in [1.29, 1.82) is 0 Å². The Bertz CT molecular complexity index is 1950. The van der Waals surface area contributed by atoms with Crippen LogP contribution in [0.4, 0.5) is 11.6 Å². The second-order valence-electron chi connectivity index (χ2n) is 11.3. The molecule has 0 aliphatic carbocycles. The molecule has 4 atom stereocenters. The molecule has 19 heteroatoms. The number of nitrogens with zero attached hydrogens (tertiary/aromatic N) is 8. The molecule has 6 aromatic rings. The molecule has 5 N–H and O–H groups in total. The highest BCUT2D eigenvalue weighted by molar-refractivity contribution is 7.58. The van der Waals surface area contributed by atoms with Crippen LogP contribution in [0.15, 0.2) is 86.0 Å². The Kier molecular flexibility index (Phi) is 11.8. The van der Waals surface area contributed by atoms with Crippen molar-refractivity contribution in [2.45, 2.75) is 39.1 Å². The molecule has 4 heterocycles. The monoisotopic (exact) mass is 724 g/mol. The van der Waals surface area contributed by atoms with Crippen LogP contribution in [-0.4, -0.2) is 75.5 Å². The van der Waals surface area contributed by atoms with Gasteiger partial charge in [0, 0.05) is 6.66 Å². The van der Waals surface area contributed by atoms with Gasteiger partial charge >= 0.3 is 7.60 Å². The summed E-state index contributed by atoms with van der Waals surface area (Å²) in [6.07, 6.45) is 5.00. The molecule has 2 aromatic carbocycles. The molecule has 0 aliphatic heterocycles. The smallest absolute Gasteiger partial charge is 0.402 e. The van der Waals surface area contributed by atoms with Crippen LogP contribution in [-0.2, 0) is 31.7 Å². The number of para-hydroxylation sites is 2. The number of hydrogen-bond donors (Lipinski definition) is 3. The van der Waals surface area contributed by atoms with Crippen molar-refractivity contribution < 1.29 is 32.5 Å². The second kappa shape index (κ2) is 16.2. The normalized spacial score (nSPS) is 15.0. The van der Waals surface area contributed by atoms with Gasteiger partial charge in [-0.05, 0) is 38.1 Å². The molecule has 17 nitrogen and oxygen atoms in total. The van der Waals surface area contributed by atoms with Crippen LogP contribution in [0.3, 0.4) is 0 Å². The Hall–Kier alpha value is -4.92. The Morgan fingerprint density at radius 1 is 0.680 bits per heavy atom. The van der Waals surface area contributed by atoms with E-state index in [-0.39, 0.29) is 18.6 Å². The fraction of sp³-hybridized carbons (Fsp3) is 0.290. The van der Waals surface area contributed by atoms with E-state index < -0.39 is 21.3 Å². The number of imidazole rings is 2. The maximum atomic E-state index is 12.5. The minimum Gasteiger partial charge on any atom is -0.441 e. The van der Waals surface area contributed by atoms with Crippen molar-refractivity contribution >= 4 is 48.9 Å². The zero-order valence-corrected chi connectivity index (χ0v) is 29.4. The zero-order chi connectivity index (χ0) is 35.7. The van der Waals surface area contributed by atoms with Crippen molar-refractivity contribution in [1.82, 2.24) is 39.0 Å². The summed E-state index contributed by atoms with van der Waals surface area (Å²) in [5, 5.41) is 0. The Balaban J connectivity index is 0.000000194. The number of nitrogen functional groups attached to an aromatic ring is 2. The van der Waals surface area contributed by atoms with E-state index in [1.807, 2.05) is 29.7 Å². The third-order valence-electron chi connectivity index (χ3n) is 6.92. The van der Waals surface area contributed by atoms with E-state index in [1.54, 1.807) is 73.3 Å². The maximum absolute atomic E-state index is 12.5. The molecule has 0 amide bonds. The molecular weight excluding hydrogens is 686 g/mol. The number of anilines is 2. The second-order valence-corrected chi connectivity index (χ2v) is 15.5. The Labute approximate surface area is 287 Å². The molecule has 0 saturated heterocycles. The molecule has 50 heavy (non-hydrogen) atoms. The molecule has 0 spiro atoms. The van der Waals surface area contributed by atoms with E-state index in [0.717, 1.165) is 0 Å². The number of hydrogen-bond acceptors (Lipinski definition) is 14. The summed E-state index contributed by atoms with van der Waals surface area (Å²) >= 11 is 0. The quantitative estimate of drug-likeness (QED) is 0.128. The van der Waals surface area contributed by atoms with Gasteiger partial charge in [-0.15, -0.1) is 0 Å². The van der Waals surface area contributed by atoms with Gasteiger partial charge in [-0.1, -0.05) is 36.4 Å². The van der Waals surface area contributed by atoms with E-state index in [0.29, 0.717) is 58.6 Å². The maximum Gasteiger partial charge on any atom is 0.402 e. The SMILES string of the molecule is C[C@H](Cn1cnc2c(N)ncnc21)OCP(=O)(O)Oc1ccccc1.C[C@H](Cn1cnc2c(N)ncnc21)OCP(C)(=O)Oc1ccccc1. The van der Waals surface area contributed by atoms with E-state index in [4.69, 9.17) is 30.0 Å². The Morgan fingerprint density at radius 3 is 1.60 bits per heavy atom. The molecule has 0 bridgehead atoms. The highest BCUT2D eigenvalue weighted by atomic mass is 31.2. The highest BCUT2D eigenvalue weighted by Gasteiger charge is 2.24. The van der Waals surface area contributed by atoms with Crippen LogP contribution in [0.25, 0.3) is 22.3 Å². The van der Waals surface area contributed by atoms with Gasteiger partial charge in [0.1, 0.15) is 41.5 Å². The number of fused-ring (bicyclic) bond motifs is 2. The van der Waals surface area contributed by atoms with Crippen LogP contribution in [0.1, 0.15) is 13.8 Å². The summed E-state index contributed by atoms with van der Waals surface area (Å²) in [5.41, 5.74) is 13.8. The lowest BCUT2D eigenvalue weighted by Gasteiger charge is -2.19. The summed E-state index contributed by atoms with van der Waals surface area (Å²) in [4.78, 5) is 34.4. The van der Waals surface area contributed by atoms with Crippen molar-refractivity contribution in [2.24, 2.45) is 0 Å². The van der Waals surface area contributed by atoms with E-state index in [9.17, 15) is 14.0 Å². The number of ether oxygens (including phenoxy) is 2. The molecule has 0 radical (unpaired) electrons. The summed E-state index contributed by atoms with van der Waals surface area (Å²) < 4.78 is 50.1. The lowest BCUT2D eigenvalue weighted by atomic mass is 10.3. The number of aromatic nitrogens is 8. The van der Waals surface area contributed by atoms with E-state index in [2.05, 4.69) is 29.9 Å². The van der Waals surface area contributed by atoms with Gasteiger partial charge in [-0.25, -0.2) is 34.5 Å². The molecular formula is C31H38N10O7P2. The summed E-state index contributed by atoms with van der Waals surface area (Å²) in [6, 6.07) is 17.5. The van der Waals surface area contributed by atoms with Gasteiger partial charge in [0.25, 0.3) is 7.37 Å². The van der Waals surface area contributed by atoms with E-state index in [1.165, 1.54) is 12.7 Å². The minimum absolute atomic E-state index is 0.0206. The fourth-order valence-electron chi connectivity index (χ4n) is 4.61. The fourth-order valence-corrected chi connectivity index (χ4v) is 6.70. The Morgan fingerprint density at radius 2 is 1.12 bits per heavy atom. The third-order valence-corrected chi connectivity index (χ3v) is 9.10. The van der Waals surface area contributed by atoms with Crippen LogP contribution in [0.5, 0.6) is 11.5 Å².